The van der Waals surface area contributed by atoms with Crippen molar-refractivity contribution < 1.29 is 9.21 Å². The van der Waals surface area contributed by atoms with Crippen LogP contribution in [-0.4, -0.2) is 32.5 Å². The minimum Gasteiger partial charge on any atom is -0.466 e. The molecule has 1 aliphatic rings. The smallest absolute Gasteiger partial charge is 0.258 e. The molecule has 3 heterocycles. The van der Waals surface area contributed by atoms with E-state index in [9.17, 15) is 4.79 Å². The van der Waals surface area contributed by atoms with Gasteiger partial charge in [0.15, 0.2) is 5.82 Å². The van der Waals surface area contributed by atoms with Gasteiger partial charge in [-0.1, -0.05) is 0 Å². The van der Waals surface area contributed by atoms with E-state index < -0.39 is 0 Å². The van der Waals surface area contributed by atoms with E-state index in [0.29, 0.717) is 17.1 Å². The SMILES string of the molecule is Cc1nc(C2CCCN2C(=O)c2cc(C)oc2C)n[nH]1. The predicted octanol–water partition coefficient (Wildman–Crippen LogP) is 2.30. The number of carbonyl (C=O) groups excluding carboxylic acids is 1. The molecule has 6 nitrogen and oxygen atoms in total. The van der Waals surface area contributed by atoms with Crippen LogP contribution in [0.5, 0.6) is 0 Å². The first-order valence-electron chi connectivity index (χ1n) is 6.83. The first-order chi connectivity index (χ1) is 9.56. The molecule has 0 spiro atoms. The molecule has 1 N–H and O–H groups in total. The van der Waals surface area contributed by atoms with Crippen molar-refractivity contribution in [1.82, 2.24) is 20.1 Å². The van der Waals surface area contributed by atoms with Gasteiger partial charge in [0.1, 0.15) is 17.3 Å². The monoisotopic (exact) mass is 274 g/mol. The van der Waals surface area contributed by atoms with Crippen LogP contribution in [0.15, 0.2) is 10.5 Å². The van der Waals surface area contributed by atoms with Crippen molar-refractivity contribution in [1.29, 1.82) is 0 Å². The lowest BCUT2D eigenvalue weighted by molar-refractivity contribution is 0.0728. The maximum atomic E-state index is 12.7. The van der Waals surface area contributed by atoms with Crippen LogP contribution in [-0.2, 0) is 0 Å². The second kappa shape index (κ2) is 4.77. The molecule has 106 valence electrons. The Morgan fingerprint density at radius 2 is 2.25 bits per heavy atom. The highest BCUT2D eigenvalue weighted by Gasteiger charge is 2.34. The fourth-order valence-electron chi connectivity index (χ4n) is 2.79. The summed E-state index contributed by atoms with van der Waals surface area (Å²) >= 11 is 0. The van der Waals surface area contributed by atoms with Gasteiger partial charge in [0.25, 0.3) is 5.91 Å². The van der Waals surface area contributed by atoms with Gasteiger partial charge >= 0.3 is 0 Å². The third-order valence-electron chi connectivity index (χ3n) is 3.70. The number of nitrogens with one attached hydrogen (secondary N) is 1. The number of furan rings is 1. The van der Waals surface area contributed by atoms with Crippen molar-refractivity contribution in [2.24, 2.45) is 0 Å². The van der Waals surface area contributed by atoms with Gasteiger partial charge in [-0.15, -0.1) is 0 Å². The summed E-state index contributed by atoms with van der Waals surface area (Å²) in [6, 6.07) is 1.76. The van der Waals surface area contributed by atoms with Crippen LogP contribution < -0.4 is 0 Å². The van der Waals surface area contributed by atoms with Crippen LogP contribution in [0.2, 0.25) is 0 Å². The van der Waals surface area contributed by atoms with E-state index in [1.165, 1.54) is 0 Å². The zero-order valence-electron chi connectivity index (χ0n) is 11.9. The molecule has 2 aromatic rings. The summed E-state index contributed by atoms with van der Waals surface area (Å²) in [6.07, 6.45) is 1.87. The Kier molecular flexibility index (Phi) is 3.08. The summed E-state index contributed by atoms with van der Waals surface area (Å²) in [7, 11) is 0. The molecule has 0 saturated carbocycles. The second-order valence-electron chi connectivity index (χ2n) is 5.26. The Morgan fingerprint density at radius 1 is 1.45 bits per heavy atom. The number of aryl methyl sites for hydroxylation is 3. The van der Waals surface area contributed by atoms with Crippen molar-refractivity contribution in [2.75, 3.05) is 6.54 Å². The first kappa shape index (κ1) is 12.9. The number of amides is 1. The van der Waals surface area contributed by atoms with Gasteiger partial charge in [0.2, 0.25) is 0 Å². The molecule has 20 heavy (non-hydrogen) atoms. The number of rotatable bonds is 2. The van der Waals surface area contributed by atoms with Gasteiger partial charge in [-0.3, -0.25) is 9.89 Å². The molecule has 1 saturated heterocycles. The van der Waals surface area contributed by atoms with E-state index in [1.54, 1.807) is 6.07 Å². The molecule has 6 heteroatoms. The third-order valence-corrected chi connectivity index (χ3v) is 3.70. The second-order valence-corrected chi connectivity index (χ2v) is 5.26. The van der Waals surface area contributed by atoms with Gasteiger partial charge in [-0.25, -0.2) is 4.98 Å². The summed E-state index contributed by atoms with van der Waals surface area (Å²) in [4.78, 5) is 18.9. The average molecular weight is 274 g/mol. The lowest BCUT2D eigenvalue weighted by Crippen LogP contribution is -2.31. The number of aromatic nitrogens is 3. The highest BCUT2D eigenvalue weighted by Crippen LogP contribution is 2.32. The number of carbonyl (C=O) groups is 1. The Hall–Kier alpha value is -2.11. The number of hydrogen-bond acceptors (Lipinski definition) is 4. The number of aromatic amines is 1. The van der Waals surface area contributed by atoms with Crippen molar-refractivity contribution in [3.63, 3.8) is 0 Å². The van der Waals surface area contributed by atoms with Crippen LogP contribution in [0.3, 0.4) is 0 Å². The molecule has 3 rings (SSSR count). The van der Waals surface area contributed by atoms with E-state index >= 15 is 0 Å². The Morgan fingerprint density at radius 3 is 2.85 bits per heavy atom. The fraction of sp³-hybridized carbons (Fsp3) is 0.500. The molecular formula is C14H18N4O2. The first-order valence-corrected chi connectivity index (χ1v) is 6.83. The van der Waals surface area contributed by atoms with E-state index in [-0.39, 0.29) is 11.9 Å². The van der Waals surface area contributed by atoms with Gasteiger partial charge < -0.3 is 9.32 Å². The van der Waals surface area contributed by atoms with Crippen LogP contribution in [0, 0.1) is 20.8 Å². The van der Waals surface area contributed by atoms with Crippen LogP contribution >= 0.6 is 0 Å². The number of H-pyrrole nitrogens is 1. The largest absolute Gasteiger partial charge is 0.466 e. The van der Waals surface area contributed by atoms with Crippen molar-refractivity contribution in [3.8, 4) is 0 Å². The molecule has 1 unspecified atom stereocenters. The van der Waals surface area contributed by atoms with Crippen molar-refractivity contribution >= 4 is 5.91 Å². The zero-order chi connectivity index (χ0) is 14.3. The van der Waals surface area contributed by atoms with Gasteiger partial charge in [0, 0.05) is 6.54 Å². The number of hydrogen-bond donors (Lipinski definition) is 1. The molecule has 2 aromatic heterocycles. The summed E-state index contributed by atoms with van der Waals surface area (Å²) in [5.74, 6) is 2.91. The summed E-state index contributed by atoms with van der Waals surface area (Å²) < 4.78 is 5.46. The third kappa shape index (κ3) is 2.11. The maximum Gasteiger partial charge on any atom is 0.258 e. The topological polar surface area (TPSA) is 75.0 Å². The standard InChI is InChI=1S/C14H18N4O2/c1-8-7-11(9(2)20-8)14(19)18-6-4-5-12(18)13-15-10(3)16-17-13/h7,12H,4-6H2,1-3H3,(H,15,16,17). The van der Waals surface area contributed by atoms with E-state index in [1.807, 2.05) is 25.7 Å². The number of nitrogens with zero attached hydrogens (tertiary/aromatic N) is 3. The lowest BCUT2D eigenvalue weighted by atomic mass is 10.1. The highest BCUT2D eigenvalue weighted by molar-refractivity contribution is 5.95. The zero-order valence-corrected chi connectivity index (χ0v) is 11.9. The highest BCUT2D eigenvalue weighted by atomic mass is 16.3. The Labute approximate surface area is 117 Å². The molecular weight excluding hydrogens is 256 g/mol. The summed E-state index contributed by atoms with van der Waals surface area (Å²) in [5, 5.41) is 7.04. The molecule has 1 fully saturated rings. The van der Waals surface area contributed by atoms with Gasteiger partial charge in [-0.05, 0) is 39.7 Å². The minimum absolute atomic E-state index is 0.00398. The summed E-state index contributed by atoms with van der Waals surface area (Å²) in [6.45, 7) is 6.27. The van der Waals surface area contributed by atoms with Gasteiger partial charge in [-0.2, -0.15) is 5.10 Å². The van der Waals surface area contributed by atoms with Crippen LogP contribution in [0.4, 0.5) is 0 Å². The normalized spacial score (nSPS) is 18.8. The molecule has 0 aliphatic carbocycles. The van der Waals surface area contributed by atoms with Gasteiger partial charge in [0.05, 0.1) is 11.6 Å². The number of likely N-dealkylation sites (tertiary alicyclic amines) is 1. The fourth-order valence-corrected chi connectivity index (χ4v) is 2.79. The minimum atomic E-state index is -0.0398. The van der Waals surface area contributed by atoms with Crippen molar-refractivity contribution in [3.05, 3.63) is 34.8 Å². The van der Waals surface area contributed by atoms with Crippen LogP contribution in [0.1, 0.15) is 52.4 Å². The van der Waals surface area contributed by atoms with Crippen molar-refractivity contribution in [2.45, 2.75) is 39.7 Å². The maximum absolute atomic E-state index is 12.7. The molecule has 1 atom stereocenters. The summed E-state index contributed by atoms with van der Waals surface area (Å²) in [5.41, 5.74) is 0.640. The Bertz CT molecular complexity index is 643. The van der Waals surface area contributed by atoms with E-state index in [4.69, 9.17) is 4.42 Å². The predicted molar refractivity (Wildman–Crippen MR) is 72.3 cm³/mol. The quantitative estimate of drug-likeness (QED) is 0.911. The van der Waals surface area contributed by atoms with E-state index in [0.717, 1.165) is 31.0 Å². The van der Waals surface area contributed by atoms with E-state index in [2.05, 4.69) is 15.2 Å². The molecule has 0 radical (unpaired) electrons. The average Bonchev–Trinajstić information content (AvgIpc) is 3.08. The molecule has 1 amide bonds. The Balaban J connectivity index is 1.89. The van der Waals surface area contributed by atoms with Crippen LogP contribution in [0.25, 0.3) is 0 Å². The lowest BCUT2D eigenvalue weighted by Gasteiger charge is -2.22. The molecule has 0 bridgehead atoms. The molecule has 1 aliphatic heterocycles. The molecule has 0 aromatic carbocycles.